The maximum atomic E-state index is 13.4. The van der Waals surface area contributed by atoms with Crippen molar-refractivity contribution in [2.75, 3.05) is 32.0 Å². The molecule has 1 aliphatic heterocycles. The number of aromatic amines is 1. The summed E-state index contributed by atoms with van der Waals surface area (Å²) in [5.74, 6) is 1.60. The number of hydrogen-bond acceptors (Lipinski definition) is 5. The first-order valence-corrected chi connectivity index (χ1v) is 12.1. The maximum absolute atomic E-state index is 13.4. The molecule has 182 valence electrons. The molecule has 4 rings (SSSR count). The molecule has 3 aromatic rings. The first-order valence-electron chi connectivity index (χ1n) is 12.1. The molecule has 1 aliphatic rings. The zero-order chi connectivity index (χ0) is 24.1. The molecule has 0 saturated carbocycles. The molecule has 2 aromatic carbocycles. The van der Waals surface area contributed by atoms with Gasteiger partial charge in [0.2, 0.25) is 5.91 Å². The van der Waals surface area contributed by atoms with Crippen molar-refractivity contribution in [3.05, 3.63) is 53.7 Å². The average molecular weight is 465 g/mol. The van der Waals surface area contributed by atoms with Crippen molar-refractivity contribution in [1.82, 2.24) is 15.2 Å². The van der Waals surface area contributed by atoms with Crippen LogP contribution in [0.15, 0.2) is 42.6 Å². The highest BCUT2D eigenvalue weighted by Gasteiger charge is 2.23. The third kappa shape index (κ3) is 5.65. The number of nitrogens with zero attached hydrogens (tertiary/aromatic N) is 1. The van der Waals surface area contributed by atoms with Crippen LogP contribution in [-0.2, 0) is 17.9 Å². The standard InChI is InChI=1S/C27H36N4O3/c1-18(2)16-31(17-20-12-23(28)26-24(13-20)33-10-5-11-34-26)27(32)19(3)14-29-15-22-7-4-6-21-8-9-30-25(21)22/h4,6-9,12-13,18-19,29-30H,5,10-11,14-17,28H2,1-3H3. The summed E-state index contributed by atoms with van der Waals surface area (Å²) in [5.41, 5.74) is 10.1. The van der Waals surface area contributed by atoms with Gasteiger partial charge in [-0.3, -0.25) is 4.79 Å². The Bertz CT molecular complexity index is 1120. The van der Waals surface area contributed by atoms with Crippen LogP contribution in [0.4, 0.5) is 5.69 Å². The Hall–Kier alpha value is -3.19. The highest BCUT2D eigenvalue weighted by Crippen LogP contribution is 2.37. The van der Waals surface area contributed by atoms with Crippen molar-refractivity contribution in [2.24, 2.45) is 11.8 Å². The van der Waals surface area contributed by atoms with E-state index in [0.717, 1.165) is 17.5 Å². The largest absolute Gasteiger partial charge is 0.489 e. The number of nitrogens with two attached hydrogens (primary N) is 1. The lowest BCUT2D eigenvalue weighted by Gasteiger charge is -2.28. The molecule has 0 fully saturated rings. The molecule has 1 unspecified atom stereocenters. The number of nitrogens with one attached hydrogen (secondary N) is 2. The maximum Gasteiger partial charge on any atom is 0.226 e. The van der Waals surface area contributed by atoms with Crippen LogP contribution in [0.5, 0.6) is 11.5 Å². The average Bonchev–Trinajstić information content (AvgIpc) is 3.16. The van der Waals surface area contributed by atoms with Crippen molar-refractivity contribution >= 4 is 22.5 Å². The fourth-order valence-electron chi connectivity index (χ4n) is 4.46. The van der Waals surface area contributed by atoms with E-state index in [1.54, 1.807) is 0 Å². The number of H-pyrrole nitrogens is 1. The van der Waals surface area contributed by atoms with Gasteiger partial charge in [-0.1, -0.05) is 39.0 Å². The molecule has 0 spiro atoms. The van der Waals surface area contributed by atoms with Crippen LogP contribution in [0, 0.1) is 11.8 Å². The van der Waals surface area contributed by atoms with Gasteiger partial charge in [-0.2, -0.15) is 0 Å². The van der Waals surface area contributed by atoms with E-state index in [4.69, 9.17) is 15.2 Å². The summed E-state index contributed by atoms with van der Waals surface area (Å²) in [6, 6.07) is 12.2. The number of rotatable bonds is 9. The predicted octanol–water partition coefficient (Wildman–Crippen LogP) is 4.32. The molecule has 1 atom stereocenters. The molecule has 0 bridgehead atoms. The van der Waals surface area contributed by atoms with Crippen molar-refractivity contribution in [1.29, 1.82) is 0 Å². The van der Waals surface area contributed by atoms with Crippen LogP contribution >= 0.6 is 0 Å². The summed E-state index contributed by atoms with van der Waals surface area (Å²) in [4.78, 5) is 18.7. The lowest BCUT2D eigenvalue weighted by atomic mass is 10.1. The zero-order valence-corrected chi connectivity index (χ0v) is 20.4. The highest BCUT2D eigenvalue weighted by molar-refractivity contribution is 5.82. The minimum Gasteiger partial charge on any atom is -0.489 e. The van der Waals surface area contributed by atoms with Gasteiger partial charge in [0.25, 0.3) is 0 Å². The molecule has 4 N–H and O–H groups in total. The van der Waals surface area contributed by atoms with Crippen LogP contribution in [-0.4, -0.2) is 42.1 Å². The number of anilines is 1. The molecule has 34 heavy (non-hydrogen) atoms. The minimum absolute atomic E-state index is 0.130. The molecule has 1 aromatic heterocycles. The molecule has 2 heterocycles. The third-order valence-corrected chi connectivity index (χ3v) is 6.07. The van der Waals surface area contributed by atoms with E-state index < -0.39 is 0 Å². The molecule has 0 aliphatic carbocycles. The van der Waals surface area contributed by atoms with E-state index >= 15 is 0 Å². The first-order chi connectivity index (χ1) is 16.4. The van der Waals surface area contributed by atoms with Gasteiger partial charge in [0.05, 0.1) is 18.9 Å². The molecule has 7 nitrogen and oxygen atoms in total. The second kappa shape index (κ2) is 10.8. The number of benzene rings is 2. The summed E-state index contributed by atoms with van der Waals surface area (Å²) in [6.45, 7) is 9.92. The lowest BCUT2D eigenvalue weighted by Crippen LogP contribution is -2.40. The van der Waals surface area contributed by atoms with Crippen LogP contribution in [0.1, 0.15) is 38.3 Å². The van der Waals surface area contributed by atoms with E-state index in [2.05, 4.69) is 48.4 Å². The lowest BCUT2D eigenvalue weighted by molar-refractivity contribution is -0.136. The number of carbonyl (C=O) groups is 1. The van der Waals surface area contributed by atoms with Crippen molar-refractivity contribution in [3.8, 4) is 11.5 Å². The Kier molecular flexibility index (Phi) is 7.63. The third-order valence-electron chi connectivity index (χ3n) is 6.07. The van der Waals surface area contributed by atoms with Crippen LogP contribution in [0.3, 0.4) is 0 Å². The normalized spacial score (nSPS) is 14.2. The second-order valence-corrected chi connectivity index (χ2v) is 9.57. The smallest absolute Gasteiger partial charge is 0.226 e. The first kappa shape index (κ1) is 24.0. The summed E-state index contributed by atoms with van der Waals surface area (Å²) in [6.07, 6.45) is 2.78. The number of ether oxygens (including phenoxy) is 2. The van der Waals surface area contributed by atoms with Crippen molar-refractivity contribution in [2.45, 2.75) is 40.3 Å². The van der Waals surface area contributed by atoms with E-state index in [9.17, 15) is 4.79 Å². The number of carbonyl (C=O) groups excluding carboxylic acids is 1. The SMILES string of the molecule is CC(C)CN(Cc1cc(N)c2c(c1)OCCCO2)C(=O)C(C)CNCc1cccc2cc[nH]c12. The topological polar surface area (TPSA) is 92.6 Å². The van der Waals surface area contributed by atoms with Gasteiger partial charge >= 0.3 is 0 Å². The minimum atomic E-state index is -0.153. The summed E-state index contributed by atoms with van der Waals surface area (Å²) >= 11 is 0. The van der Waals surface area contributed by atoms with Gasteiger partial charge in [-0.25, -0.2) is 0 Å². The molecule has 0 radical (unpaired) electrons. The Balaban J connectivity index is 1.41. The van der Waals surface area contributed by atoms with E-state index in [1.807, 2.05) is 30.2 Å². The predicted molar refractivity (Wildman–Crippen MR) is 136 cm³/mol. The molecular formula is C27H36N4O3. The van der Waals surface area contributed by atoms with E-state index in [-0.39, 0.29) is 11.8 Å². The van der Waals surface area contributed by atoms with Crippen LogP contribution < -0.4 is 20.5 Å². The molecule has 7 heteroatoms. The Morgan fingerprint density at radius 2 is 2.00 bits per heavy atom. The number of nitrogen functional groups attached to an aromatic ring is 1. The summed E-state index contributed by atoms with van der Waals surface area (Å²) in [5, 5.41) is 4.66. The summed E-state index contributed by atoms with van der Waals surface area (Å²) in [7, 11) is 0. The number of amides is 1. The quantitative estimate of drug-likeness (QED) is 0.410. The monoisotopic (exact) mass is 464 g/mol. The fourth-order valence-corrected chi connectivity index (χ4v) is 4.46. The van der Waals surface area contributed by atoms with Crippen molar-refractivity contribution < 1.29 is 14.3 Å². The van der Waals surface area contributed by atoms with Crippen molar-refractivity contribution in [3.63, 3.8) is 0 Å². The van der Waals surface area contributed by atoms with Gasteiger partial charge in [-0.05, 0) is 40.6 Å². The second-order valence-electron chi connectivity index (χ2n) is 9.57. The number of hydrogen-bond donors (Lipinski definition) is 3. The van der Waals surface area contributed by atoms with Gasteiger partial charge in [0.15, 0.2) is 11.5 Å². The zero-order valence-electron chi connectivity index (χ0n) is 20.4. The molecule has 1 amide bonds. The van der Waals surface area contributed by atoms with Crippen LogP contribution in [0.2, 0.25) is 0 Å². The fraction of sp³-hybridized carbons (Fsp3) is 0.444. The van der Waals surface area contributed by atoms with Gasteiger partial charge in [0.1, 0.15) is 0 Å². The van der Waals surface area contributed by atoms with Gasteiger partial charge in [0, 0.05) is 50.2 Å². The summed E-state index contributed by atoms with van der Waals surface area (Å²) < 4.78 is 11.6. The number of aromatic nitrogens is 1. The highest BCUT2D eigenvalue weighted by atomic mass is 16.5. The van der Waals surface area contributed by atoms with Gasteiger partial charge in [-0.15, -0.1) is 0 Å². The molecule has 0 saturated heterocycles. The van der Waals surface area contributed by atoms with E-state index in [0.29, 0.717) is 62.5 Å². The Labute approximate surface area is 201 Å². The number of fused-ring (bicyclic) bond motifs is 2. The van der Waals surface area contributed by atoms with Crippen LogP contribution in [0.25, 0.3) is 10.9 Å². The van der Waals surface area contributed by atoms with Gasteiger partial charge < -0.3 is 30.4 Å². The van der Waals surface area contributed by atoms with E-state index in [1.165, 1.54) is 10.9 Å². The molecular weight excluding hydrogens is 428 g/mol. The number of para-hydroxylation sites is 1. The Morgan fingerprint density at radius 1 is 1.18 bits per heavy atom. The Morgan fingerprint density at radius 3 is 2.82 bits per heavy atom.